The van der Waals surface area contributed by atoms with Gasteiger partial charge in [0.05, 0.1) is 11.2 Å². The minimum Gasteiger partial charge on any atom is -0.321 e. The quantitative estimate of drug-likeness (QED) is 0.718. The van der Waals surface area contributed by atoms with Crippen molar-refractivity contribution in [2.45, 2.75) is 32.1 Å². The Morgan fingerprint density at radius 3 is 2.75 bits per heavy atom. The summed E-state index contributed by atoms with van der Waals surface area (Å²) in [6.45, 7) is 0. The van der Waals surface area contributed by atoms with Crippen molar-refractivity contribution in [1.29, 1.82) is 0 Å². The smallest absolute Gasteiger partial charge is 0.265 e. The molecule has 122 valence electrons. The highest BCUT2D eigenvalue weighted by atomic mass is 32.1. The highest BCUT2D eigenvalue weighted by Crippen LogP contribution is 2.29. The average Bonchev–Trinajstić information content (AvgIpc) is 3.22. The van der Waals surface area contributed by atoms with Crippen LogP contribution in [-0.2, 0) is 12.8 Å². The molecule has 4 nitrogen and oxygen atoms in total. The molecule has 0 bridgehead atoms. The molecule has 0 atom stereocenters. The van der Waals surface area contributed by atoms with Crippen LogP contribution in [-0.4, -0.2) is 15.5 Å². The van der Waals surface area contributed by atoms with E-state index in [4.69, 9.17) is 0 Å². The first-order valence-corrected chi connectivity index (χ1v) is 9.12. The first kappa shape index (κ1) is 15.1. The van der Waals surface area contributed by atoms with Crippen molar-refractivity contribution >= 4 is 22.9 Å². The van der Waals surface area contributed by atoms with Gasteiger partial charge in [-0.15, -0.1) is 11.3 Å². The molecular formula is C19H19N3OS. The monoisotopic (exact) mass is 337 g/mol. The summed E-state index contributed by atoms with van der Waals surface area (Å²) in [5, 5.41) is 3.00. The van der Waals surface area contributed by atoms with Gasteiger partial charge in [-0.05, 0) is 61.6 Å². The number of anilines is 1. The van der Waals surface area contributed by atoms with Crippen LogP contribution in [0.2, 0.25) is 0 Å². The molecule has 2 aromatic heterocycles. The lowest BCUT2D eigenvalue weighted by Crippen LogP contribution is -2.10. The zero-order chi connectivity index (χ0) is 16.4. The Bertz CT molecular complexity index is 811. The van der Waals surface area contributed by atoms with Gasteiger partial charge in [-0.2, -0.15) is 0 Å². The summed E-state index contributed by atoms with van der Waals surface area (Å²) in [5.41, 5.74) is 3.21. The molecule has 0 radical (unpaired) electrons. The van der Waals surface area contributed by atoms with Gasteiger partial charge in [0.15, 0.2) is 0 Å². The van der Waals surface area contributed by atoms with Crippen LogP contribution in [0.15, 0.2) is 49.1 Å². The summed E-state index contributed by atoms with van der Waals surface area (Å²) < 4.78 is 1.93. The topological polar surface area (TPSA) is 46.9 Å². The fourth-order valence-electron chi connectivity index (χ4n) is 3.10. The maximum absolute atomic E-state index is 12.5. The maximum Gasteiger partial charge on any atom is 0.265 e. The number of nitrogens with one attached hydrogen (secondary N) is 1. The number of imidazole rings is 1. The number of hydrogen-bond donors (Lipinski definition) is 1. The van der Waals surface area contributed by atoms with Crippen LogP contribution in [0.3, 0.4) is 0 Å². The SMILES string of the molecule is O=C(Nc1ccc(-n2ccnc2)cc1)c1cc2c(s1)CCCCC2. The second-order valence-electron chi connectivity index (χ2n) is 6.09. The number of thiophene rings is 1. The highest BCUT2D eigenvalue weighted by molar-refractivity contribution is 7.14. The van der Waals surface area contributed by atoms with Crippen LogP contribution < -0.4 is 5.32 Å². The van der Waals surface area contributed by atoms with Crippen LogP contribution in [0.1, 0.15) is 39.4 Å². The summed E-state index contributed by atoms with van der Waals surface area (Å²) in [6, 6.07) is 9.87. The average molecular weight is 337 g/mol. The van der Waals surface area contributed by atoms with Crippen LogP contribution >= 0.6 is 11.3 Å². The van der Waals surface area contributed by atoms with Gasteiger partial charge in [-0.1, -0.05) is 6.42 Å². The van der Waals surface area contributed by atoms with E-state index in [2.05, 4.69) is 16.4 Å². The predicted molar refractivity (Wildman–Crippen MR) is 97.1 cm³/mol. The third-order valence-electron chi connectivity index (χ3n) is 4.40. The predicted octanol–water partition coefficient (Wildman–Crippen LogP) is 4.46. The van der Waals surface area contributed by atoms with E-state index >= 15 is 0 Å². The Kier molecular flexibility index (Phi) is 4.17. The molecule has 0 aliphatic heterocycles. The van der Waals surface area contributed by atoms with Crippen molar-refractivity contribution in [3.05, 3.63) is 64.4 Å². The molecule has 24 heavy (non-hydrogen) atoms. The minimum absolute atomic E-state index is 0.0107. The Morgan fingerprint density at radius 2 is 1.96 bits per heavy atom. The van der Waals surface area contributed by atoms with Crippen LogP contribution in [0.5, 0.6) is 0 Å². The van der Waals surface area contributed by atoms with Gasteiger partial charge in [0.1, 0.15) is 0 Å². The van der Waals surface area contributed by atoms with E-state index in [1.807, 2.05) is 35.0 Å². The molecule has 3 aromatic rings. The molecule has 1 aliphatic rings. The zero-order valence-electron chi connectivity index (χ0n) is 13.4. The molecule has 0 fully saturated rings. The number of hydrogen-bond acceptors (Lipinski definition) is 3. The van der Waals surface area contributed by atoms with E-state index < -0.39 is 0 Å². The van der Waals surface area contributed by atoms with Gasteiger partial charge in [-0.3, -0.25) is 4.79 Å². The standard InChI is InChI=1S/C19H19N3OS/c23-19(18-12-14-4-2-1-3-5-17(14)24-18)21-15-6-8-16(9-7-15)22-11-10-20-13-22/h6-13H,1-5H2,(H,21,23). The number of aromatic nitrogens is 2. The number of aryl methyl sites for hydroxylation is 2. The fraction of sp³-hybridized carbons (Fsp3) is 0.263. The molecule has 4 rings (SSSR count). The van der Waals surface area contributed by atoms with Gasteiger partial charge < -0.3 is 9.88 Å². The molecule has 1 amide bonds. The van der Waals surface area contributed by atoms with Gasteiger partial charge in [0.2, 0.25) is 0 Å². The molecule has 2 heterocycles. The number of rotatable bonds is 3. The summed E-state index contributed by atoms with van der Waals surface area (Å²) in [6.07, 6.45) is 11.4. The summed E-state index contributed by atoms with van der Waals surface area (Å²) in [5.74, 6) is -0.0107. The Labute approximate surface area is 145 Å². The van der Waals surface area contributed by atoms with Crippen molar-refractivity contribution in [1.82, 2.24) is 9.55 Å². The number of benzene rings is 1. The molecule has 1 aliphatic carbocycles. The van der Waals surface area contributed by atoms with E-state index in [1.165, 1.54) is 29.7 Å². The largest absolute Gasteiger partial charge is 0.321 e. The highest BCUT2D eigenvalue weighted by Gasteiger charge is 2.16. The van der Waals surface area contributed by atoms with Crippen molar-refractivity contribution in [2.75, 3.05) is 5.32 Å². The Balaban J connectivity index is 1.48. The van der Waals surface area contributed by atoms with Gasteiger partial charge >= 0.3 is 0 Å². The lowest BCUT2D eigenvalue weighted by Gasteiger charge is -2.06. The first-order chi connectivity index (χ1) is 11.8. The maximum atomic E-state index is 12.5. The third-order valence-corrected chi connectivity index (χ3v) is 5.63. The van der Waals surface area contributed by atoms with Crippen molar-refractivity contribution < 1.29 is 4.79 Å². The van der Waals surface area contributed by atoms with E-state index in [0.717, 1.165) is 29.1 Å². The molecule has 1 N–H and O–H groups in total. The van der Waals surface area contributed by atoms with Crippen LogP contribution in [0, 0.1) is 0 Å². The van der Waals surface area contributed by atoms with E-state index in [1.54, 1.807) is 23.9 Å². The zero-order valence-corrected chi connectivity index (χ0v) is 14.2. The molecule has 0 saturated heterocycles. The fourth-order valence-corrected chi connectivity index (χ4v) is 4.25. The number of amides is 1. The molecule has 5 heteroatoms. The van der Waals surface area contributed by atoms with E-state index in [9.17, 15) is 4.79 Å². The number of carbonyl (C=O) groups is 1. The lowest BCUT2D eigenvalue weighted by atomic mass is 10.1. The van der Waals surface area contributed by atoms with Crippen molar-refractivity contribution in [3.8, 4) is 5.69 Å². The van der Waals surface area contributed by atoms with Crippen molar-refractivity contribution in [2.24, 2.45) is 0 Å². The minimum atomic E-state index is -0.0107. The lowest BCUT2D eigenvalue weighted by molar-refractivity contribution is 0.103. The van der Waals surface area contributed by atoms with E-state index in [0.29, 0.717) is 0 Å². The van der Waals surface area contributed by atoms with E-state index in [-0.39, 0.29) is 5.91 Å². The third kappa shape index (κ3) is 3.12. The van der Waals surface area contributed by atoms with Crippen LogP contribution in [0.25, 0.3) is 5.69 Å². The summed E-state index contributed by atoms with van der Waals surface area (Å²) in [7, 11) is 0. The molecule has 0 saturated carbocycles. The Hall–Kier alpha value is -2.40. The van der Waals surface area contributed by atoms with Gasteiger partial charge in [0.25, 0.3) is 5.91 Å². The first-order valence-electron chi connectivity index (χ1n) is 8.31. The van der Waals surface area contributed by atoms with Crippen molar-refractivity contribution in [3.63, 3.8) is 0 Å². The number of carbonyl (C=O) groups excluding carboxylic acids is 1. The number of fused-ring (bicyclic) bond motifs is 1. The summed E-state index contributed by atoms with van der Waals surface area (Å²) >= 11 is 1.65. The van der Waals surface area contributed by atoms with Gasteiger partial charge in [-0.25, -0.2) is 4.98 Å². The summed E-state index contributed by atoms with van der Waals surface area (Å²) in [4.78, 5) is 18.8. The molecular weight excluding hydrogens is 318 g/mol. The molecule has 0 spiro atoms. The normalized spacial score (nSPS) is 14.0. The molecule has 1 aromatic carbocycles. The second kappa shape index (κ2) is 6.61. The van der Waals surface area contributed by atoms with Gasteiger partial charge in [0, 0.05) is 28.6 Å². The second-order valence-corrected chi connectivity index (χ2v) is 7.23. The molecule has 0 unspecified atom stereocenters. The number of nitrogens with zero attached hydrogens (tertiary/aromatic N) is 2. The van der Waals surface area contributed by atoms with Crippen LogP contribution in [0.4, 0.5) is 5.69 Å². The Morgan fingerprint density at radius 1 is 1.12 bits per heavy atom.